The first-order valence-corrected chi connectivity index (χ1v) is 6.44. The molecular formula is C13H22F2O. The van der Waals surface area contributed by atoms with E-state index in [0.29, 0.717) is 0 Å². The van der Waals surface area contributed by atoms with E-state index in [-0.39, 0.29) is 18.1 Å². The van der Waals surface area contributed by atoms with Gasteiger partial charge in [-0.15, -0.1) is 0 Å². The van der Waals surface area contributed by atoms with E-state index in [1.165, 1.54) is 0 Å². The number of hydrogen-bond donors (Lipinski definition) is 0. The molecule has 0 radical (unpaired) electrons. The average Bonchev–Trinajstić information content (AvgIpc) is 2.86. The predicted octanol–water partition coefficient (Wildman–Crippen LogP) is 4.21. The molecular weight excluding hydrogens is 210 g/mol. The number of halogens is 2. The summed E-state index contributed by atoms with van der Waals surface area (Å²) in [6, 6.07) is 0. The third kappa shape index (κ3) is 3.53. The Labute approximate surface area is 96.6 Å². The highest BCUT2D eigenvalue weighted by atomic mass is 19.3. The van der Waals surface area contributed by atoms with Crippen molar-refractivity contribution in [2.75, 3.05) is 0 Å². The Bertz CT molecular complexity index is 238. The molecule has 1 saturated carbocycles. The first kappa shape index (κ1) is 13.6. The van der Waals surface area contributed by atoms with Crippen molar-refractivity contribution in [1.82, 2.24) is 0 Å². The fraction of sp³-hybridized carbons (Fsp3) is 0.923. The second kappa shape index (κ2) is 5.74. The molecule has 1 fully saturated rings. The van der Waals surface area contributed by atoms with Crippen LogP contribution >= 0.6 is 0 Å². The van der Waals surface area contributed by atoms with E-state index in [0.717, 1.165) is 38.5 Å². The molecule has 0 aliphatic heterocycles. The third-order valence-electron chi connectivity index (χ3n) is 3.37. The van der Waals surface area contributed by atoms with Gasteiger partial charge >= 0.3 is 0 Å². The highest BCUT2D eigenvalue weighted by Gasteiger charge is 2.61. The predicted molar refractivity (Wildman–Crippen MR) is 60.6 cm³/mol. The second-order valence-corrected chi connectivity index (χ2v) is 4.90. The Balaban J connectivity index is 2.40. The summed E-state index contributed by atoms with van der Waals surface area (Å²) in [5.41, 5.74) is 0. The van der Waals surface area contributed by atoms with Crippen molar-refractivity contribution >= 4 is 5.78 Å². The molecule has 1 aliphatic carbocycles. The van der Waals surface area contributed by atoms with Gasteiger partial charge in [0.2, 0.25) is 0 Å². The van der Waals surface area contributed by atoms with E-state index in [1.54, 1.807) is 0 Å². The van der Waals surface area contributed by atoms with Crippen molar-refractivity contribution in [3.05, 3.63) is 0 Å². The van der Waals surface area contributed by atoms with Crippen LogP contribution in [0.15, 0.2) is 0 Å². The minimum absolute atomic E-state index is 0.116. The average molecular weight is 232 g/mol. The minimum Gasteiger partial charge on any atom is -0.299 e. The van der Waals surface area contributed by atoms with Crippen LogP contribution in [-0.2, 0) is 4.79 Å². The Morgan fingerprint density at radius 3 is 2.31 bits per heavy atom. The Kier molecular flexibility index (Phi) is 4.88. The number of carbonyl (C=O) groups is 1. The molecule has 0 bridgehead atoms. The molecule has 16 heavy (non-hydrogen) atoms. The molecule has 0 aromatic rings. The van der Waals surface area contributed by atoms with Gasteiger partial charge in [-0.05, 0) is 12.8 Å². The van der Waals surface area contributed by atoms with E-state index >= 15 is 0 Å². The van der Waals surface area contributed by atoms with Crippen LogP contribution in [0.4, 0.5) is 8.78 Å². The topological polar surface area (TPSA) is 17.1 Å². The van der Waals surface area contributed by atoms with Crippen molar-refractivity contribution < 1.29 is 13.6 Å². The summed E-state index contributed by atoms with van der Waals surface area (Å²) in [7, 11) is 0. The van der Waals surface area contributed by atoms with Gasteiger partial charge in [-0.3, -0.25) is 4.79 Å². The lowest BCUT2D eigenvalue weighted by Crippen LogP contribution is -2.19. The molecule has 0 amide bonds. The van der Waals surface area contributed by atoms with Crippen LogP contribution in [0.2, 0.25) is 0 Å². The van der Waals surface area contributed by atoms with Gasteiger partial charge in [0.25, 0.3) is 5.92 Å². The first-order valence-electron chi connectivity index (χ1n) is 6.44. The molecule has 94 valence electrons. The lowest BCUT2D eigenvalue weighted by atomic mass is 9.90. The van der Waals surface area contributed by atoms with Crippen LogP contribution in [0.5, 0.6) is 0 Å². The van der Waals surface area contributed by atoms with Gasteiger partial charge in [-0.25, -0.2) is 8.78 Å². The molecule has 0 aromatic heterocycles. The van der Waals surface area contributed by atoms with Crippen LogP contribution in [0.3, 0.4) is 0 Å². The van der Waals surface area contributed by atoms with Gasteiger partial charge < -0.3 is 0 Å². The normalized spacial score (nSPS) is 24.1. The number of rotatable bonds is 8. The largest absolute Gasteiger partial charge is 0.299 e. The van der Waals surface area contributed by atoms with E-state index in [2.05, 4.69) is 6.92 Å². The zero-order valence-corrected chi connectivity index (χ0v) is 10.3. The summed E-state index contributed by atoms with van der Waals surface area (Å²) in [6.45, 7) is 4.11. The number of Topliss-reactive ketones (excluding diaryl/α,β-unsaturated/α-hetero) is 1. The molecule has 0 N–H and O–H groups in total. The maximum absolute atomic E-state index is 12.8. The quantitative estimate of drug-likeness (QED) is 0.573. The van der Waals surface area contributed by atoms with Gasteiger partial charge in [0.15, 0.2) is 0 Å². The van der Waals surface area contributed by atoms with Crippen LogP contribution in [-0.4, -0.2) is 11.7 Å². The van der Waals surface area contributed by atoms with Gasteiger partial charge in [-0.2, -0.15) is 0 Å². The molecule has 0 heterocycles. The second-order valence-electron chi connectivity index (χ2n) is 4.90. The molecule has 1 unspecified atom stereocenters. The molecule has 1 rings (SSSR count). The van der Waals surface area contributed by atoms with Crippen LogP contribution in [0, 0.1) is 11.8 Å². The van der Waals surface area contributed by atoms with E-state index in [9.17, 15) is 13.6 Å². The van der Waals surface area contributed by atoms with Gasteiger partial charge in [0, 0.05) is 12.3 Å². The maximum atomic E-state index is 12.8. The number of unbranched alkanes of at least 4 members (excludes halogenated alkanes) is 2. The molecule has 0 aromatic carbocycles. The summed E-state index contributed by atoms with van der Waals surface area (Å²) < 4.78 is 25.6. The number of ketones is 1. The standard InChI is InChI=1S/C13H22F2O/c1-3-5-6-8-10(7-4-2)12(16)11-9-13(11,14)15/h10-11H,3-9H2,1-2H3/t10?,11-/m0/s1. The smallest absolute Gasteiger partial charge is 0.258 e. The van der Waals surface area contributed by atoms with Gasteiger partial charge in [0.05, 0.1) is 5.92 Å². The monoisotopic (exact) mass is 232 g/mol. The fourth-order valence-corrected chi connectivity index (χ4v) is 2.22. The van der Waals surface area contributed by atoms with E-state index < -0.39 is 11.8 Å². The molecule has 0 spiro atoms. The zero-order chi connectivity index (χ0) is 12.2. The molecule has 3 heteroatoms. The minimum atomic E-state index is -2.69. The van der Waals surface area contributed by atoms with Crippen molar-refractivity contribution in [2.45, 2.75) is 64.7 Å². The summed E-state index contributed by atoms with van der Waals surface area (Å²) >= 11 is 0. The van der Waals surface area contributed by atoms with Crippen molar-refractivity contribution in [3.63, 3.8) is 0 Å². The number of hydrogen-bond acceptors (Lipinski definition) is 1. The van der Waals surface area contributed by atoms with Crippen LogP contribution in [0.1, 0.15) is 58.8 Å². The summed E-state index contributed by atoms with van der Waals surface area (Å²) in [5.74, 6) is -3.93. The van der Waals surface area contributed by atoms with E-state index in [4.69, 9.17) is 0 Å². The third-order valence-corrected chi connectivity index (χ3v) is 3.37. The number of carbonyl (C=O) groups excluding carboxylic acids is 1. The molecule has 1 aliphatic rings. The Morgan fingerprint density at radius 2 is 1.88 bits per heavy atom. The molecule has 2 atom stereocenters. The fourth-order valence-electron chi connectivity index (χ4n) is 2.22. The highest BCUT2D eigenvalue weighted by molar-refractivity contribution is 5.87. The van der Waals surface area contributed by atoms with Crippen LogP contribution in [0.25, 0.3) is 0 Å². The zero-order valence-electron chi connectivity index (χ0n) is 10.3. The lowest BCUT2D eigenvalue weighted by molar-refractivity contribution is -0.126. The SMILES string of the molecule is CCCCCC(CCC)C(=O)[C@@H]1CC1(F)F. The van der Waals surface area contributed by atoms with Crippen molar-refractivity contribution in [3.8, 4) is 0 Å². The first-order chi connectivity index (χ1) is 7.53. The summed E-state index contributed by atoms with van der Waals surface area (Å²) in [4.78, 5) is 11.8. The lowest BCUT2D eigenvalue weighted by Gasteiger charge is -2.14. The number of alkyl halides is 2. The molecule has 0 saturated heterocycles. The Morgan fingerprint density at radius 1 is 1.25 bits per heavy atom. The van der Waals surface area contributed by atoms with Crippen LogP contribution < -0.4 is 0 Å². The van der Waals surface area contributed by atoms with Crippen molar-refractivity contribution in [2.24, 2.45) is 11.8 Å². The van der Waals surface area contributed by atoms with E-state index in [1.807, 2.05) is 6.92 Å². The summed E-state index contributed by atoms with van der Waals surface area (Å²) in [5, 5.41) is 0. The van der Waals surface area contributed by atoms with Gasteiger partial charge in [0.1, 0.15) is 5.78 Å². The Hall–Kier alpha value is -0.470. The van der Waals surface area contributed by atoms with Gasteiger partial charge in [-0.1, -0.05) is 39.5 Å². The maximum Gasteiger partial charge on any atom is 0.258 e. The molecule has 1 nitrogen and oxygen atoms in total. The van der Waals surface area contributed by atoms with Crippen molar-refractivity contribution in [1.29, 1.82) is 0 Å². The highest BCUT2D eigenvalue weighted by Crippen LogP contribution is 2.50. The summed E-state index contributed by atoms with van der Waals surface area (Å²) in [6.07, 6.45) is 5.45.